The van der Waals surface area contributed by atoms with Gasteiger partial charge in [0.25, 0.3) is 0 Å². The normalized spacial score (nSPS) is 13.7. The molecule has 0 amide bonds. The van der Waals surface area contributed by atoms with E-state index in [1.54, 1.807) is 23.9 Å². The van der Waals surface area contributed by atoms with Gasteiger partial charge in [-0.05, 0) is 54.9 Å². The van der Waals surface area contributed by atoms with Crippen LogP contribution in [-0.2, 0) is 13.0 Å². The maximum atomic E-state index is 11.9. The third kappa shape index (κ3) is 3.54. The molecule has 0 aliphatic carbocycles. The number of likely N-dealkylation sites (N-methyl/N-ethyl adjacent to an activating group) is 1. The lowest BCUT2D eigenvalue weighted by molar-refractivity contribution is 0.0688. The van der Waals surface area contributed by atoms with Gasteiger partial charge in [-0.1, -0.05) is 18.2 Å². The number of methoxy groups -OCH3 is 1. The Balaban J connectivity index is 1.59. The summed E-state index contributed by atoms with van der Waals surface area (Å²) in [5.74, 6) is 0.0654. The summed E-state index contributed by atoms with van der Waals surface area (Å²) in [6.45, 7) is 1.89. The molecule has 1 aliphatic heterocycles. The van der Waals surface area contributed by atoms with E-state index in [2.05, 4.69) is 39.4 Å². The summed E-state index contributed by atoms with van der Waals surface area (Å²) < 4.78 is 7.24. The number of aromatic nitrogens is 3. The number of carboxylic acid groups (broad SMARTS) is 1. The number of hydrogen-bond acceptors (Lipinski definition) is 6. The maximum Gasteiger partial charge on any atom is 0.352 e. The zero-order valence-electron chi connectivity index (χ0n) is 17.9. The van der Waals surface area contributed by atoms with Crippen molar-refractivity contribution in [3.8, 4) is 11.4 Å². The van der Waals surface area contributed by atoms with Gasteiger partial charge in [0.2, 0.25) is 5.95 Å². The number of hydrogen-bond donors (Lipinski definition) is 2. The van der Waals surface area contributed by atoms with Gasteiger partial charge in [0.1, 0.15) is 11.4 Å². The molecule has 0 saturated carbocycles. The zero-order valence-corrected chi connectivity index (χ0v) is 17.9. The summed E-state index contributed by atoms with van der Waals surface area (Å²) in [5, 5.41) is 13.6. The van der Waals surface area contributed by atoms with Crippen molar-refractivity contribution in [1.82, 2.24) is 19.4 Å². The molecule has 32 heavy (non-hydrogen) atoms. The Kier molecular flexibility index (Phi) is 4.99. The van der Waals surface area contributed by atoms with Gasteiger partial charge in [-0.3, -0.25) is 4.57 Å². The SMILES string of the molecule is COc1cc2c(cc1Nc1ncc3cc(C(=O)O)n(-c4ccccc4)c3n1)CN(C)CC2. The van der Waals surface area contributed by atoms with Gasteiger partial charge in [0.05, 0.1) is 12.8 Å². The van der Waals surface area contributed by atoms with Gasteiger partial charge in [-0.15, -0.1) is 0 Å². The molecule has 0 spiro atoms. The second-order valence-electron chi connectivity index (χ2n) is 7.91. The summed E-state index contributed by atoms with van der Waals surface area (Å²) >= 11 is 0. The lowest BCUT2D eigenvalue weighted by atomic mass is 9.99. The van der Waals surface area contributed by atoms with Crippen molar-refractivity contribution in [2.45, 2.75) is 13.0 Å². The van der Waals surface area contributed by atoms with Crippen LogP contribution in [0.3, 0.4) is 0 Å². The van der Waals surface area contributed by atoms with E-state index >= 15 is 0 Å². The van der Waals surface area contributed by atoms with E-state index in [0.717, 1.165) is 36.6 Å². The van der Waals surface area contributed by atoms with Crippen molar-refractivity contribution in [3.05, 3.63) is 71.5 Å². The second-order valence-corrected chi connectivity index (χ2v) is 7.91. The van der Waals surface area contributed by atoms with Gasteiger partial charge in [-0.2, -0.15) is 4.98 Å². The predicted octanol–water partition coefficient (Wildman–Crippen LogP) is 3.86. The number of nitrogens with one attached hydrogen (secondary N) is 1. The summed E-state index contributed by atoms with van der Waals surface area (Å²) in [6.07, 6.45) is 2.61. The third-order valence-electron chi connectivity index (χ3n) is 5.75. The Labute approximate surface area is 185 Å². The molecule has 0 atom stereocenters. The number of nitrogens with zero attached hydrogens (tertiary/aromatic N) is 4. The minimum atomic E-state index is -1.03. The summed E-state index contributed by atoms with van der Waals surface area (Å²) in [4.78, 5) is 23.2. The molecule has 1 aliphatic rings. The van der Waals surface area contributed by atoms with Crippen LogP contribution in [0.5, 0.6) is 5.75 Å². The standard InChI is InChI=1S/C24H23N5O3/c1-28-9-8-15-12-21(32-2)19(10-17(15)14-28)26-24-25-13-16-11-20(23(30)31)29(22(16)27-24)18-6-4-3-5-7-18/h3-7,10-13H,8-9,14H2,1-2H3,(H,30,31)(H,25,26,27). The molecule has 8 nitrogen and oxygen atoms in total. The highest BCUT2D eigenvalue weighted by Gasteiger charge is 2.20. The van der Waals surface area contributed by atoms with Crippen LogP contribution in [0.15, 0.2) is 54.7 Å². The number of anilines is 2. The van der Waals surface area contributed by atoms with Crippen LogP contribution in [0.25, 0.3) is 16.7 Å². The highest BCUT2D eigenvalue weighted by Crippen LogP contribution is 2.33. The molecule has 8 heteroatoms. The molecule has 2 aromatic carbocycles. The molecule has 162 valence electrons. The van der Waals surface area contributed by atoms with Crippen molar-refractivity contribution in [3.63, 3.8) is 0 Å². The van der Waals surface area contributed by atoms with Crippen LogP contribution in [0.2, 0.25) is 0 Å². The van der Waals surface area contributed by atoms with Gasteiger partial charge >= 0.3 is 5.97 Å². The number of para-hydroxylation sites is 1. The van der Waals surface area contributed by atoms with Crippen molar-refractivity contribution in [2.24, 2.45) is 0 Å². The predicted molar refractivity (Wildman–Crippen MR) is 122 cm³/mol. The van der Waals surface area contributed by atoms with Crippen LogP contribution in [0, 0.1) is 0 Å². The summed E-state index contributed by atoms with van der Waals surface area (Å²) in [7, 11) is 3.75. The van der Waals surface area contributed by atoms with E-state index in [1.165, 1.54) is 11.1 Å². The van der Waals surface area contributed by atoms with Crippen molar-refractivity contribution >= 4 is 28.6 Å². The molecular formula is C24H23N5O3. The third-order valence-corrected chi connectivity index (χ3v) is 5.75. The first kappa shape index (κ1) is 20.0. The maximum absolute atomic E-state index is 11.9. The number of benzene rings is 2. The first-order chi connectivity index (χ1) is 15.5. The number of rotatable bonds is 5. The van der Waals surface area contributed by atoms with E-state index in [1.807, 2.05) is 30.3 Å². The summed E-state index contributed by atoms with van der Waals surface area (Å²) in [6, 6.07) is 15.0. The quantitative estimate of drug-likeness (QED) is 0.498. The van der Waals surface area contributed by atoms with E-state index < -0.39 is 5.97 Å². The average Bonchev–Trinajstić information content (AvgIpc) is 3.18. The van der Waals surface area contributed by atoms with Crippen molar-refractivity contribution in [1.29, 1.82) is 0 Å². The topological polar surface area (TPSA) is 92.5 Å². The largest absolute Gasteiger partial charge is 0.495 e. The molecule has 0 saturated heterocycles. The fraction of sp³-hybridized carbons (Fsp3) is 0.208. The Morgan fingerprint density at radius 1 is 1.16 bits per heavy atom. The Morgan fingerprint density at radius 2 is 1.97 bits per heavy atom. The van der Waals surface area contributed by atoms with E-state index in [-0.39, 0.29) is 5.69 Å². The smallest absolute Gasteiger partial charge is 0.352 e. The van der Waals surface area contributed by atoms with Gasteiger partial charge in [0, 0.05) is 30.4 Å². The van der Waals surface area contributed by atoms with Crippen molar-refractivity contribution in [2.75, 3.05) is 26.0 Å². The van der Waals surface area contributed by atoms with Crippen LogP contribution in [-0.4, -0.2) is 51.2 Å². The highest BCUT2D eigenvalue weighted by atomic mass is 16.5. The Morgan fingerprint density at radius 3 is 2.72 bits per heavy atom. The zero-order chi connectivity index (χ0) is 22.2. The van der Waals surface area contributed by atoms with Crippen molar-refractivity contribution < 1.29 is 14.6 Å². The summed E-state index contributed by atoms with van der Waals surface area (Å²) in [5.41, 5.74) is 4.67. The molecule has 0 fully saturated rings. The number of carboxylic acids is 1. The second kappa shape index (κ2) is 7.97. The van der Waals surface area contributed by atoms with Gasteiger partial charge < -0.3 is 20.1 Å². The minimum absolute atomic E-state index is 0.132. The molecule has 0 unspecified atom stereocenters. The monoisotopic (exact) mass is 429 g/mol. The first-order valence-corrected chi connectivity index (χ1v) is 10.4. The Bertz CT molecular complexity index is 1320. The first-order valence-electron chi connectivity index (χ1n) is 10.4. The van der Waals surface area contributed by atoms with Crippen LogP contribution in [0.4, 0.5) is 11.6 Å². The lowest BCUT2D eigenvalue weighted by Gasteiger charge is -2.26. The fourth-order valence-corrected chi connectivity index (χ4v) is 4.16. The van der Waals surface area contributed by atoms with E-state index in [4.69, 9.17) is 4.74 Å². The van der Waals surface area contributed by atoms with Crippen LogP contribution >= 0.6 is 0 Å². The molecule has 2 N–H and O–H groups in total. The molecule has 0 radical (unpaired) electrons. The van der Waals surface area contributed by atoms with Gasteiger partial charge in [-0.25, -0.2) is 9.78 Å². The average molecular weight is 429 g/mol. The van der Waals surface area contributed by atoms with E-state index in [9.17, 15) is 9.90 Å². The minimum Gasteiger partial charge on any atom is -0.495 e. The number of fused-ring (bicyclic) bond motifs is 2. The number of ether oxygens (including phenoxy) is 1. The van der Waals surface area contributed by atoms with Crippen LogP contribution < -0.4 is 10.1 Å². The number of aromatic carboxylic acids is 1. The Hall–Kier alpha value is -3.91. The molecule has 3 heterocycles. The molecule has 4 aromatic rings. The molecule has 2 aromatic heterocycles. The number of carbonyl (C=O) groups is 1. The highest BCUT2D eigenvalue weighted by molar-refractivity contribution is 5.95. The molecule has 0 bridgehead atoms. The lowest BCUT2D eigenvalue weighted by Crippen LogP contribution is -2.26. The molecule has 5 rings (SSSR count). The van der Waals surface area contributed by atoms with E-state index in [0.29, 0.717) is 17.0 Å². The molecular weight excluding hydrogens is 406 g/mol. The van der Waals surface area contributed by atoms with Gasteiger partial charge in [0.15, 0.2) is 5.65 Å². The van der Waals surface area contributed by atoms with Crippen LogP contribution in [0.1, 0.15) is 21.6 Å². The fourth-order valence-electron chi connectivity index (χ4n) is 4.16.